The first-order valence-corrected chi connectivity index (χ1v) is 8.49. The molecule has 0 spiro atoms. The molecular weight excluding hydrogens is 278 g/mol. The zero-order valence-electron chi connectivity index (χ0n) is 12.6. The predicted octanol–water partition coefficient (Wildman–Crippen LogP) is 3.40. The third kappa shape index (κ3) is 2.24. The van der Waals surface area contributed by atoms with Crippen LogP contribution in [0.4, 0.5) is 5.82 Å². The molecule has 5 rings (SSSR count). The molecule has 1 aromatic rings. The molecule has 1 heterocycles. The summed E-state index contributed by atoms with van der Waals surface area (Å²) in [6.07, 6.45) is 10.1. The lowest BCUT2D eigenvalue weighted by Gasteiger charge is -2.57. The summed E-state index contributed by atoms with van der Waals surface area (Å²) in [5.74, 6) is 3.66. The molecule has 3 nitrogen and oxygen atoms in total. The fraction of sp³-hybridized carbons (Fsp3) is 0.647. The van der Waals surface area contributed by atoms with Crippen LogP contribution in [0, 0.1) is 24.7 Å². The zero-order chi connectivity index (χ0) is 14.6. The van der Waals surface area contributed by atoms with Crippen LogP contribution in [0.2, 0.25) is 0 Å². The molecule has 0 aromatic carbocycles. The Morgan fingerprint density at radius 1 is 1.24 bits per heavy atom. The van der Waals surface area contributed by atoms with Crippen LogP contribution in [0.5, 0.6) is 0 Å². The SMILES string of the molecule is Cc1ccnc(NC23CC4CC(CC(C4)C2)C3)c1C(N)=S. The van der Waals surface area contributed by atoms with Crippen LogP contribution >= 0.6 is 12.2 Å². The molecule has 4 fully saturated rings. The minimum absolute atomic E-state index is 0.245. The van der Waals surface area contributed by atoms with Crippen LogP contribution in [0.25, 0.3) is 0 Å². The Morgan fingerprint density at radius 3 is 2.33 bits per heavy atom. The average Bonchev–Trinajstić information content (AvgIpc) is 2.35. The summed E-state index contributed by atoms with van der Waals surface area (Å²) in [5.41, 5.74) is 8.23. The number of nitrogens with two attached hydrogens (primary N) is 1. The van der Waals surface area contributed by atoms with E-state index in [0.29, 0.717) is 4.99 Å². The number of nitrogens with one attached hydrogen (secondary N) is 1. The highest BCUT2D eigenvalue weighted by Gasteiger charge is 2.51. The van der Waals surface area contributed by atoms with Gasteiger partial charge in [0.25, 0.3) is 0 Å². The van der Waals surface area contributed by atoms with Gasteiger partial charge in [0.1, 0.15) is 10.8 Å². The van der Waals surface area contributed by atoms with Crippen LogP contribution in [0.3, 0.4) is 0 Å². The van der Waals surface area contributed by atoms with Gasteiger partial charge < -0.3 is 11.1 Å². The van der Waals surface area contributed by atoms with Crippen LogP contribution < -0.4 is 11.1 Å². The van der Waals surface area contributed by atoms with E-state index in [2.05, 4.69) is 17.2 Å². The molecule has 1 aromatic heterocycles. The van der Waals surface area contributed by atoms with Crippen LogP contribution in [0.1, 0.15) is 49.7 Å². The Hall–Kier alpha value is -1.16. The molecule has 4 aliphatic carbocycles. The number of hydrogen-bond acceptors (Lipinski definition) is 3. The number of aromatic nitrogens is 1. The minimum atomic E-state index is 0.245. The maximum atomic E-state index is 5.93. The second kappa shape index (κ2) is 4.67. The van der Waals surface area contributed by atoms with Gasteiger partial charge in [-0.3, -0.25) is 0 Å². The largest absolute Gasteiger partial charge is 0.389 e. The van der Waals surface area contributed by atoms with Crippen molar-refractivity contribution in [3.63, 3.8) is 0 Å². The molecule has 0 unspecified atom stereocenters. The van der Waals surface area contributed by atoms with Crippen molar-refractivity contribution in [3.05, 3.63) is 23.4 Å². The summed E-state index contributed by atoms with van der Waals surface area (Å²) in [5, 5.41) is 3.80. The highest BCUT2D eigenvalue weighted by molar-refractivity contribution is 7.80. The molecule has 0 atom stereocenters. The van der Waals surface area contributed by atoms with Gasteiger partial charge in [-0.2, -0.15) is 0 Å². The van der Waals surface area contributed by atoms with Crippen molar-refractivity contribution in [1.82, 2.24) is 4.98 Å². The van der Waals surface area contributed by atoms with Gasteiger partial charge >= 0.3 is 0 Å². The molecule has 0 amide bonds. The molecule has 112 valence electrons. The van der Waals surface area contributed by atoms with Gasteiger partial charge in [0.15, 0.2) is 0 Å². The second-order valence-electron chi connectivity index (χ2n) is 7.54. The van der Waals surface area contributed by atoms with Crippen LogP contribution in [-0.4, -0.2) is 15.5 Å². The molecule has 0 radical (unpaired) electrons. The van der Waals surface area contributed by atoms with Crippen LogP contribution in [-0.2, 0) is 0 Å². The van der Waals surface area contributed by atoms with E-state index in [1.54, 1.807) is 0 Å². The van der Waals surface area contributed by atoms with E-state index in [4.69, 9.17) is 18.0 Å². The Bertz CT molecular complexity index is 560. The summed E-state index contributed by atoms with van der Waals surface area (Å²) in [6, 6.07) is 1.99. The number of nitrogens with zero attached hydrogens (tertiary/aromatic N) is 1. The number of thiocarbonyl (C=S) groups is 1. The number of aryl methyl sites for hydroxylation is 1. The molecule has 4 aliphatic rings. The summed E-state index contributed by atoms with van der Waals surface area (Å²) in [4.78, 5) is 5.01. The Kier molecular flexibility index (Phi) is 3.00. The number of hydrogen-bond donors (Lipinski definition) is 2. The third-order valence-corrected chi connectivity index (χ3v) is 6.03. The highest BCUT2D eigenvalue weighted by atomic mass is 32.1. The number of rotatable bonds is 3. The maximum Gasteiger partial charge on any atom is 0.136 e. The zero-order valence-corrected chi connectivity index (χ0v) is 13.4. The van der Waals surface area contributed by atoms with E-state index in [-0.39, 0.29) is 5.54 Å². The summed E-state index contributed by atoms with van der Waals surface area (Å²) < 4.78 is 0. The van der Waals surface area contributed by atoms with Gasteiger partial charge in [-0.25, -0.2) is 4.98 Å². The fourth-order valence-corrected chi connectivity index (χ4v) is 5.74. The molecule has 21 heavy (non-hydrogen) atoms. The lowest BCUT2D eigenvalue weighted by atomic mass is 9.53. The number of pyridine rings is 1. The molecule has 0 saturated heterocycles. The van der Waals surface area contributed by atoms with Crippen molar-refractivity contribution in [1.29, 1.82) is 0 Å². The monoisotopic (exact) mass is 301 g/mol. The van der Waals surface area contributed by atoms with E-state index in [1.165, 1.54) is 38.5 Å². The van der Waals surface area contributed by atoms with Gasteiger partial charge in [-0.05, 0) is 74.8 Å². The molecular formula is C17H23N3S. The van der Waals surface area contributed by atoms with Crippen molar-refractivity contribution in [2.24, 2.45) is 23.5 Å². The minimum Gasteiger partial charge on any atom is -0.389 e. The normalized spacial score (nSPS) is 36.7. The Balaban J connectivity index is 1.67. The van der Waals surface area contributed by atoms with Crippen molar-refractivity contribution in [2.45, 2.75) is 51.0 Å². The molecule has 4 heteroatoms. The van der Waals surface area contributed by atoms with E-state index in [1.807, 2.05) is 12.3 Å². The smallest absolute Gasteiger partial charge is 0.136 e. The standard InChI is InChI=1S/C17H23N3S/c1-10-2-3-19-16(14(10)15(18)21)20-17-7-11-4-12(8-17)6-13(5-11)9-17/h2-3,11-13H,4-9H2,1H3,(H2,18,21)(H,19,20). The van der Waals surface area contributed by atoms with Crippen LogP contribution in [0.15, 0.2) is 12.3 Å². The maximum absolute atomic E-state index is 5.93. The Labute approximate surface area is 131 Å². The predicted molar refractivity (Wildman–Crippen MR) is 89.4 cm³/mol. The molecule has 4 bridgehead atoms. The van der Waals surface area contributed by atoms with Gasteiger partial charge in [0, 0.05) is 11.7 Å². The van der Waals surface area contributed by atoms with Crippen molar-refractivity contribution < 1.29 is 0 Å². The summed E-state index contributed by atoms with van der Waals surface area (Å²) >= 11 is 5.24. The quantitative estimate of drug-likeness (QED) is 0.840. The first-order chi connectivity index (χ1) is 10.0. The van der Waals surface area contributed by atoms with E-state index in [0.717, 1.165) is 34.7 Å². The van der Waals surface area contributed by atoms with E-state index in [9.17, 15) is 0 Å². The lowest BCUT2D eigenvalue weighted by Crippen LogP contribution is -2.55. The van der Waals surface area contributed by atoms with Crippen molar-refractivity contribution in [3.8, 4) is 0 Å². The highest BCUT2D eigenvalue weighted by Crippen LogP contribution is 2.56. The van der Waals surface area contributed by atoms with Gasteiger partial charge in [0.05, 0.1) is 5.56 Å². The lowest BCUT2D eigenvalue weighted by molar-refractivity contribution is 0.0105. The molecule has 0 aliphatic heterocycles. The second-order valence-corrected chi connectivity index (χ2v) is 7.98. The first-order valence-electron chi connectivity index (χ1n) is 8.08. The Morgan fingerprint density at radius 2 is 1.81 bits per heavy atom. The average molecular weight is 301 g/mol. The van der Waals surface area contributed by atoms with E-state index >= 15 is 0 Å². The van der Waals surface area contributed by atoms with E-state index < -0.39 is 0 Å². The summed E-state index contributed by atoms with van der Waals surface area (Å²) in [6.45, 7) is 2.06. The number of anilines is 1. The van der Waals surface area contributed by atoms with Crippen molar-refractivity contribution >= 4 is 23.0 Å². The van der Waals surface area contributed by atoms with Gasteiger partial charge in [0.2, 0.25) is 0 Å². The fourth-order valence-electron chi connectivity index (χ4n) is 5.48. The third-order valence-electron chi connectivity index (χ3n) is 5.83. The summed E-state index contributed by atoms with van der Waals surface area (Å²) in [7, 11) is 0. The van der Waals surface area contributed by atoms with Crippen molar-refractivity contribution in [2.75, 3.05) is 5.32 Å². The molecule has 4 saturated carbocycles. The topological polar surface area (TPSA) is 50.9 Å². The van der Waals surface area contributed by atoms with Gasteiger partial charge in [-0.15, -0.1) is 0 Å². The van der Waals surface area contributed by atoms with Gasteiger partial charge in [-0.1, -0.05) is 12.2 Å². The molecule has 3 N–H and O–H groups in total. The first kappa shape index (κ1) is 13.5.